The van der Waals surface area contributed by atoms with Crippen LogP contribution in [0.15, 0.2) is 0 Å². The predicted molar refractivity (Wildman–Crippen MR) is 79.2 cm³/mol. The maximum Gasteiger partial charge on any atom is 0.279 e. The fraction of sp³-hybridized carbons (Fsp3) is 1.00. The smallest absolute Gasteiger partial charge is 0.279 e. The van der Waals surface area contributed by atoms with E-state index in [1.54, 1.807) is 4.31 Å². The summed E-state index contributed by atoms with van der Waals surface area (Å²) in [7, 11) is -3.26. The van der Waals surface area contributed by atoms with E-state index >= 15 is 0 Å². The molecule has 0 aromatic carbocycles. The lowest BCUT2D eigenvalue weighted by Gasteiger charge is -2.31. The maximum atomic E-state index is 12.1. The standard InChI is InChI=1S/C13H29N3O2S/c1-4-7-14-11-13-5-8-16(9-6-13)19(17,18)15-10-12(2)3/h12-15H,4-11H2,1-3H3. The van der Waals surface area contributed by atoms with Crippen LogP contribution in [0.5, 0.6) is 0 Å². The molecule has 19 heavy (non-hydrogen) atoms. The third-order valence-corrected chi connectivity index (χ3v) is 5.02. The Morgan fingerprint density at radius 2 is 1.89 bits per heavy atom. The Kier molecular flexibility index (Phi) is 7.28. The van der Waals surface area contributed by atoms with Crippen LogP contribution >= 0.6 is 0 Å². The van der Waals surface area contributed by atoms with Crippen molar-refractivity contribution in [2.75, 3.05) is 32.7 Å². The number of piperidine rings is 1. The van der Waals surface area contributed by atoms with E-state index in [1.807, 2.05) is 13.8 Å². The van der Waals surface area contributed by atoms with E-state index in [9.17, 15) is 8.42 Å². The van der Waals surface area contributed by atoms with Gasteiger partial charge in [-0.3, -0.25) is 0 Å². The van der Waals surface area contributed by atoms with Gasteiger partial charge in [0.15, 0.2) is 0 Å². The first-order valence-electron chi connectivity index (χ1n) is 7.41. The molecule has 6 heteroatoms. The molecule has 0 saturated carbocycles. The number of rotatable bonds is 8. The monoisotopic (exact) mass is 291 g/mol. The van der Waals surface area contributed by atoms with Gasteiger partial charge in [-0.2, -0.15) is 12.7 Å². The lowest BCUT2D eigenvalue weighted by Crippen LogP contribution is -2.46. The molecule has 1 heterocycles. The van der Waals surface area contributed by atoms with Crippen LogP contribution in [0.3, 0.4) is 0 Å². The van der Waals surface area contributed by atoms with Gasteiger partial charge in [0.05, 0.1) is 0 Å². The van der Waals surface area contributed by atoms with Crippen molar-refractivity contribution in [2.45, 2.75) is 40.0 Å². The van der Waals surface area contributed by atoms with Crippen molar-refractivity contribution < 1.29 is 8.42 Å². The fourth-order valence-corrected chi connectivity index (χ4v) is 3.62. The zero-order chi connectivity index (χ0) is 14.3. The molecule has 2 N–H and O–H groups in total. The average molecular weight is 291 g/mol. The Labute approximate surface area is 118 Å². The van der Waals surface area contributed by atoms with E-state index in [-0.39, 0.29) is 0 Å². The van der Waals surface area contributed by atoms with Crippen LogP contribution in [-0.4, -0.2) is 45.4 Å². The number of nitrogens with one attached hydrogen (secondary N) is 2. The highest BCUT2D eigenvalue weighted by atomic mass is 32.2. The third kappa shape index (κ3) is 6.21. The molecule has 1 aliphatic rings. The minimum Gasteiger partial charge on any atom is -0.316 e. The van der Waals surface area contributed by atoms with E-state index in [0.29, 0.717) is 31.5 Å². The van der Waals surface area contributed by atoms with Crippen LogP contribution in [0.4, 0.5) is 0 Å². The van der Waals surface area contributed by atoms with Gasteiger partial charge in [0.25, 0.3) is 10.2 Å². The van der Waals surface area contributed by atoms with E-state index in [1.165, 1.54) is 0 Å². The van der Waals surface area contributed by atoms with Crippen LogP contribution in [0, 0.1) is 11.8 Å². The second kappa shape index (κ2) is 8.19. The van der Waals surface area contributed by atoms with Gasteiger partial charge in [0.2, 0.25) is 0 Å². The first kappa shape index (κ1) is 16.9. The molecule has 0 aliphatic carbocycles. The SMILES string of the molecule is CCCNCC1CCN(S(=O)(=O)NCC(C)C)CC1. The lowest BCUT2D eigenvalue weighted by molar-refractivity contribution is 0.265. The van der Waals surface area contributed by atoms with Gasteiger partial charge in [-0.15, -0.1) is 0 Å². The molecule has 0 aromatic rings. The molecule has 1 saturated heterocycles. The third-order valence-electron chi connectivity index (χ3n) is 3.45. The van der Waals surface area contributed by atoms with Gasteiger partial charge < -0.3 is 5.32 Å². The molecule has 0 radical (unpaired) electrons. The quantitative estimate of drug-likeness (QED) is 0.660. The van der Waals surface area contributed by atoms with Gasteiger partial charge in [0.1, 0.15) is 0 Å². The van der Waals surface area contributed by atoms with Crippen molar-refractivity contribution in [3.63, 3.8) is 0 Å². The van der Waals surface area contributed by atoms with Gasteiger partial charge in [-0.25, -0.2) is 4.72 Å². The zero-order valence-electron chi connectivity index (χ0n) is 12.5. The minimum absolute atomic E-state index is 0.338. The molecular weight excluding hydrogens is 262 g/mol. The fourth-order valence-electron chi connectivity index (χ4n) is 2.20. The van der Waals surface area contributed by atoms with Crippen LogP contribution in [-0.2, 0) is 10.2 Å². The van der Waals surface area contributed by atoms with E-state index < -0.39 is 10.2 Å². The highest BCUT2D eigenvalue weighted by Crippen LogP contribution is 2.18. The molecule has 1 fully saturated rings. The van der Waals surface area contributed by atoms with Gasteiger partial charge in [-0.05, 0) is 44.2 Å². The predicted octanol–water partition coefficient (Wildman–Crippen LogP) is 1.19. The molecule has 0 aromatic heterocycles. The molecule has 5 nitrogen and oxygen atoms in total. The molecule has 0 amide bonds. The summed E-state index contributed by atoms with van der Waals surface area (Å²) in [6, 6.07) is 0. The Morgan fingerprint density at radius 3 is 2.42 bits per heavy atom. The topological polar surface area (TPSA) is 61.4 Å². The van der Waals surface area contributed by atoms with Crippen molar-refractivity contribution in [3.8, 4) is 0 Å². The van der Waals surface area contributed by atoms with Crippen molar-refractivity contribution in [1.29, 1.82) is 0 Å². The van der Waals surface area contributed by atoms with Crippen molar-refractivity contribution in [1.82, 2.24) is 14.3 Å². The molecule has 0 spiro atoms. The molecule has 1 rings (SSSR count). The normalized spacial score (nSPS) is 19.2. The Balaban J connectivity index is 2.32. The first-order valence-corrected chi connectivity index (χ1v) is 8.85. The number of hydrogen-bond donors (Lipinski definition) is 2. The molecule has 0 atom stereocenters. The molecular formula is C13H29N3O2S. The van der Waals surface area contributed by atoms with Crippen molar-refractivity contribution in [3.05, 3.63) is 0 Å². The second-order valence-corrected chi connectivity index (χ2v) is 7.55. The van der Waals surface area contributed by atoms with Gasteiger partial charge in [-0.1, -0.05) is 20.8 Å². The highest BCUT2D eigenvalue weighted by Gasteiger charge is 2.27. The van der Waals surface area contributed by atoms with Gasteiger partial charge >= 0.3 is 0 Å². The Hall–Kier alpha value is -0.170. The van der Waals surface area contributed by atoms with Crippen molar-refractivity contribution in [2.24, 2.45) is 11.8 Å². The summed E-state index contributed by atoms with van der Waals surface area (Å²) in [4.78, 5) is 0. The molecule has 114 valence electrons. The second-order valence-electron chi connectivity index (χ2n) is 5.79. The summed E-state index contributed by atoms with van der Waals surface area (Å²) < 4.78 is 28.4. The first-order chi connectivity index (χ1) is 8.95. The summed E-state index contributed by atoms with van der Waals surface area (Å²) in [5.74, 6) is 0.952. The van der Waals surface area contributed by atoms with Gasteiger partial charge in [0, 0.05) is 19.6 Å². The Bertz CT molecular complexity index is 336. The highest BCUT2D eigenvalue weighted by molar-refractivity contribution is 7.87. The average Bonchev–Trinajstić information content (AvgIpc) is 2.37. The lowest BCUT2D eigenvalue weighted by atomic mass is 9.98. The summed E-state index contributed by atoms with van der Waals surface area (Å²) in [6.45, 7) is 10.0. The van der Waals surface area contributed by atoms with E-state index in [2.05, 4.69) is 17.0 Å². The molecule has 1 aliphatic heterocycles. The van der Waals surface area contributed by atoms with Crippen LogP contribution in [0.1, 0.15) is 40.0 Å². The summed E-state index contributed by atoms with van der Waals surface area (Å²) in [5.41, 5.74) is 0. The number of nitrogens with zero attached hydrogens (tertiary/aromatic N) is 1. The largest absolute Gasteiger partial charge is 0.316 e. The minimum atomic E-state index is -3.26. The van der Waals surface area contributed by atoms with E-state index in [4.69, 9.17) is 0 Å². The molecule has 0 unspecified atom stereocenters. The Morgan fingerprint density at radius 1 is 1.26 bits per heavy atom. The van der Waals surface area contributed by atoms with Crippen LogP contribution in [0.2, 0.25) is 0 Å². The van der Waals surface area contributed by atoms with Crippen LogP contribution < -0.4 is 10.0 Å². The number of hydrogen-bond acceptors (Lipinski definition) is 3. The van der Waals surface area contributed by atoms with Crippen LogP contribution in [0.25, 0.3) is 0 Å². The summed E-state index contributed by atoms with van der Waals surface area (Å²) in [5, 5.41) is 3.41. The summed E-state index contributed by atoms with van der Waals surface area (Å²) >= 11 is 0. The summed E-state index contributed by atoms with van der Waals surface area (Å²) in [6.07, 6.45) is 3.06. The molecule has 0 bridgehead atoms. The van der Waals surface area contributed by atoms with Crippen molar-refractivity contribution >= 4 is 10.2 Å². The zero-order valence-corrected chi connectivity index (χ0v) is 13.3. The maximum absolute atomic E-state index is 12.1. The van der Waals surface area contributed by atoms with E-state index in [0.717, 1.165) is 32.4 Å².